The Morgan fingerprint density at radius 3 is 1.15 bits per heavy atom. The molecule has 0 aromatic heterocycles. The van der Waals surface area contributed by atoms with E-state index in [0.29, 0.717) is 0 Å². The first-order valence-electron chi connectivity index (χ1n) is 27.3. The summed E-state index contributed by atoms with van der Waals surface area (Å²) in [6.45, 7) is 38.1. The van der Waals surface area contributed by atoms with Crippen molar-refractivity contribution in [3.05, 3.63) is 202 Å². The van der Waals surface area contributed by atoms with E-state index in [2.05, 4.69) is 269 Å². The first-order chi connectivity index (χ1) is 34.7. The van der Waals surface area contributed by atoms with Crippen molar-refractivity contribution in [3.8, 4) is 55.6 Å². The fraction of sp³-hybridized carbons (Fsp3) is 0.297. The first-order valence-corrected chi connectivity index (χ1v) is 27.3. The van der Waals surface area contributed by atoms with Gasteiger partial charge in [-0.1, -0.05) is 232 Å². The highest BCUT2D eigenvalue weighted by molar-refractivity contribution is 6.25. The van der Waals surface area contributed by atoms with Crippen molar-refractivity contribution >= 4 is 43.1 Å². The van der Waals surface area contributed by atoms with Crippen LogP contribution in [0.5, 0.6) is 0 Å². The Kier molecular flexibility index (Phi) is 10.3. The van der Waals surface area contributed by atoms with E-state index in [1.165, 1.54) is 143 Å². The van der Waals surface area contributed by atoms with Gasteiger partial charge in [0, 0.05) is 10.8 Å². The second-order valence-electron chi connectivity index (χ2n) is 27.5. The SMILES string of the molecule is CC(C)(C)c1ccc2c(c1)C(C)(C)c1cc(C(C)(C)C)cc(-c3cc4c5cc(-c6ccc7ccccc7c6)ccc5c(-c5cc(C(C)(C)C)cc6c5-c5ccc(C(C)(C)C)cc5C6(C)C)cc4c4ccccc34)c1-2. The highest BCUT2D eigenvalue weighted by Gasteiger charge is 2.41. The Morgan fingerprint density at radius 2 is 0.649 bits per heavy atom. The van der Waals surface area contributed by atoms with E-state index in [9.17, 15) is 0 Å². The zero-order valence-electron chi connectivity index (χ0n) is 47.0. The summed E-state index contributed by atoms with van der Waals surface area (Å²) in [5.74, 6) is 0. The minimum absolute atomic E-state index is 0.0417. The molecule has 370 valence electrons. The number of fused-ring (bicyclic) bond motifs is 12. The van der Waals surface area contributed by atoms with Gasteiger partial charge in [0.25, 0.3) is 0 Å². The van der Waals surface area contributed by atoms with E-state index in [0.717, 1.165) is 0 Å². The van der Waals surface area contributed by atoms with Crippen LogP contribution < -0.4 is 0 Å². The maximum Gasteiger partial charge on any atom is 0.0159 e. The van der Waals surface area contributed by atoms with Gasteiger partial charge < -0.3 is 0 Å². The average molecular weight is 963 g/mol. The largest absolute Gasteiger partial charge is 0.0616 e. The normalized spacial score (nSPS) is 15.0. The Bertz CT molecular complexity index is 4020. The predicted octanol–water partition coefficient (Wildman–Crippen LogP) is 21.1. The van der Waals surface area contributed by atoms with Gasteiger partial charge in [0.15, 0.2) is 0 Å². The molecule has 2 aliphatic rings. The Balaban J connectivity index is 1.22. The standard InChI is InChI=1S/C74H74/c1-69(2,3)47-28-31-54-63(37-47)73(13,14)65-39-49(71(7,8)9)35-61(67(54)65)58-42-60-56-34-46(45-26-25-43-21-17-18-22-44(43)33-45)27-30-53(56)59(41-57(60)51-23-19-20-24-52(51)58)62-36-50(72(10,11)12)40-66-68(62)55-32-29-48(70(4,5)6)38-64(55)74(66,15)16/h17-42H,1-16H3. The summed E-state index contributed by atoms with van der Waals surface area (Å²) in [4.78, 5) is 0. The molecule has 0 heteroatoms. The van der Waals surface area contributed by atoms with Crippen molar-refractivity contribution in [1.82, 2.24) is 0 Å². The van der Waals surface area contributed by atoms with Crippen LogP contribution in [0.2, 0.25) is 0 Å². The summed E-state index contributed by atoms with van der Waals surface area (Å²) in [6, 6.07) is 62.5. The zero-order valence-corrected chi connectivity index (χ0v) is 47.0. The van der Waals surface area contributed by atoms with Crippen LogP contribution in [0.1, 0.15) is 155 Å². The van der Waals surface area contributed by atoms with Crippen molar-refractivity contribution < 1.29 is 0 Å². The molecule has 0 nitrogen and oxygen atoms in total. The molecule has 12 rings (SSSR count). The Hall–Kier alpha value is -6.76. The lowest BCUT2D eigenvalue weighted by atomic mass is 9.76. The van der Waals surface area contributed by atoms with Gasteiger partial charge in [-0.05, 0) is 201 Å². The summed E-state index contributed by atoms with van der Waals surface area (Å²) in [7, 11) is 0. The minimum Gasteiger partial charge on any atom is -0.0616 e. The van der Waals surface area contributed by atoms with Gasteiger partial charge in [-0.25, -0.2) is 0 Å². The van der Waals surface area contributed by atoms with Gasteiger partial charge in [-0.2, -0.15) is 0 Å². The maximum absolute atomic E-state index is 2.59. The van der Waals surface area contributed by atoms with Crippen LogP contribution in [-0.2, 0) is 32.5 Å². The van der Waals surface area contributed by atoms with Crippen LogP contribution in [0.3, 0.4) is 0 Å². The molecular weight excluding hydrogens is 889 g/mol. The molecule has 10 aromatic rings. The number of hydrogen-bond donors (Lipinski definition) is 0. The quantitative estimate of drug-likeness (QED) is 0.155. The molecule has 0 atom stereocenters. The van der Waals surface area contributed by atoms with Crippen LogP contribution in [0, 0.1) is 0 Å². The second kappa shape index (κ2) is 15.9. The number of benzene rings is 10. The minimum atomic E-state index is -0.178. The van der Waals surface area contributed by atoms with Crippen molar-refractivity contribution in [3.63, 3.8) is 0 Å². The molecular formula is C74H74. The number of rotatable bonds is 3. The molecule has 0 aliphatic heterocycles. The van der Waals surface area contributed by atoms with Gasteiger partial charge in [0.1, 0.15) is 0 Å². The molecule has 0 radical (unpaired) electrons. The van der Waals surface area contributed by atoms with Crippen LogP contribution in [0.25, 0.3) is 98.7 Å². The highest BCUT2D eigenvalue weighted by atomic mass is 14.4. The monoisotopic (exact) mass is 963 g/mol. The van der Waals surface area contributed by atoms with Gasteiger partial charge in [-0.15, -0.1) is 0 Å². The van der Waals surface area contributed by atoms with E-state index < -0.39 is 0 Å². The van der Waals surface area contributed by atoms with Gasteiger partial charge in [0.05, 0.1) is 0 Å². The van der Waals surface area contributed by atoms with Gasteiger partial charge in [-0.3, -0.25) is 0 Å². The highest BCUT2D eigenvalue weighted by Crippen LogP contribution is 2.58. The Morgan fingerprint density at radius 1 is 0.257 bits per heavy atom. The molecule has 0 spiro atoms. The van der Waals surface area contributed by atoms with Crippen molar-refractivity contribution in [1.29, 1.82) is 0 Å². The van der Waals surface area contributed by atoms with Gasteiger partial charge in [0.2, 0.25) is 0 Å². The zero-order chi connectivity index (χ0) is 52.4. The second-order valence-corrected chi connectivity index (χ2v) is 27.5. The molecule has 0 bridgehead atoms. The fourth-order valence-electron chi connectivity index (χ4n) is 12.9. The van der Waals surface area contributed by atoms with Crippen molar-refractivity contribution in [2.45, 2.75) is 143 Å². The molecule has 0 saturated heterocycles. The van der Waals surface area contributed by atoms with Crippen LogP contribution in [0.15, 0.2) is 158 Å². The van der Waals surface area contributed by atoms with E-state index in [1.807, 2.05) is 0 Å². The topological polar surface area (TPSA) is 0 Å². The molecule has 74 heavy (non-hydrogen) atoms. The third-order valence-electron chi connectivity index (χ3n) is 17.6. The average Bonchev–Trinajstić information content (AvgIpc) is 3.75. The molecule has 0 unspecified atom stereocenters. The maximum atomic E-state index is 2.59. The van der Waals surface area contributed by atoms with E-state index in [-0.39, 0.29) is 32.5 Å². The van der Waals surface area contributed by atoms with Crippen LogP contribution in [0.4, 0.5) is 0 Å². The molecule has 0 fully saturated rings. The van der Waals surface area contributed by atoms with E-state index >= 15 is 0 Å². The molecule has 0 amide bonds. The van der Waals surface area contributed by atoms with Crippen molar-refractivity contribution in [2.75, 3.05) is 0 Å². The molecule has 10 aromatic carbocycles. The third-order valence-corrected chi connectivity index (χ3v) is 17.6. The van der Waals surface area contributed by atoms with Crippen LogP contribution >= 0.6 is 0 Å². The summed E-state index contributed by atoms with van der Waals surface area (Å²) < 4.78 is 0. The molecule has 0 heterocycles. The lowest BCUT2D eigenvalue weighted by Gasteiger charge is -2.28. The van der Waals surface area contributed by atoms with E-state index in [4.69, 9.17) is 0 Å². The summed E-state index contributed by atoms with van der Waals surface area (Å²) in [5.41, 5.74) is 24.0. The lowest BCUT2D eigenvalue weighted by Crippen LogP contribution is -2.19. The molecule has 2 aliphatic carbocycles. The molecule has 0 saturated carbocycles. The number of hydrogen-bond acceptors (Lipinski definition) is 0. The smallest absolute Gasteiger partial charge is 0.0159 e. The first kappa shape index (κ1) is 48.2. The predicted molar refractivity (Wildman–Crippen MR) is 323 cm³/mol. The Labute approximate surface area is 441 Å². The van der Waals surface area contributed by atoms with Gasteiger partial charge >= 0.3 is 0 Å². The summed E-state index contributed by atoms with van der Waals surface area (Å²) in [6.07, 6.45) is 0. The fourth-order valence-corrected chi connectivity index (χ4v) is 12.9. The summed E-state index contributed by atoms with van der Waals surface area (Å²) in [5, 5.41) is 10.2. The summed E-state index contributed by atoms with van der Waals surface area (Å²) >= 11 is 0. The molecule has 0 N–H and O–H groups in total. The van der Waals surface area contributed by atoms with Crippen molar-refractivity contribution in [2.24, 2.45) is 0 Å². The van der Waals surface area contributed by atoms with Crippen LogP contribution in [-0.4, -0.2) is 0 Å². The lowest BCUT2D eigenvalue weighted by molar-refractivity contribution is 0.579. The van der Waals surface area contributed by atoms with E-state index in [1.54, 1.807) is 0 Å². The third kappa shape index (κ3) is 7.36.